The van der Waals surface area contributed by atoms with Crippen LogP contribution in [0.25, 0.3) is 0 Å². The third-order valence-electron chi connectivity index (χ3n) is 3.03. The van der Waals surface area contributed by atoms with Gasteiger partial charge in [0.25, 0.3) is 0 Å². The molecule has 4 heteroatoms. The Labute approximate surface area is 111 Å². The largest absolute Gasteiger partial charge is 0.399 e. The van der Waals surface area contributed by atoms with Crippen molar-refractivity contribution in [3.05, 3.63) is 59.7 Å². The smallest absolute Gasteiger partial charge is 0.163 e. The van der Waals surface area contributed by atoms with Crippen LogP contribution < -0.4 is 10.6 Å². The number of nitrogens with two attached hydrogens (primary N) is 1. The average molecular weight is 262 g/mol. The van der Waals surface area contributed by atoms with E-state index in [1.807, 2.05) is 24.0 Å². The highest BCUT2D eigenvalue weighted by atomic mass is 19.2. The lowest BCUT2D eigenvalue weighted by molar-refractivity contribution is 0.497. The average Bonchev–Trinajstić information content (AvgIpc) is 2.42. The Morgan fingerprint density at radius 2 is 1.74 bits per heavy atom. The van der Waals surface area contributed by atoms with E-state index >= 15 is 0 Å². The van der Waals surface area contributed by atoms with Crippen LogP contribution in [0, 0.1) is 11.6 Å². The Balaban J connectivity index is 2.24. The van der Waals surface area contributed by atoms with Crippen molar-refractivity contribution in [3.8, 4) is 0 Å². The molecule has 0 heterocycles. The van der Waals surface area contributed by atoms with Gasteiger partial charge in [0.15, 0.2) is 11.6 Å². The monoisotopic (exact) mass is 262 g/mol. The van der Waals surface area contributed by atoms with E-state index in [0.717, 1.165) is 11.8 Å². The highest BCUT2D eigenvalue weighted by Crippen LogP contribution is 2.20. The molecule has 0 amide bonds. The van der Waals surface area contributed by atoms with Gasteiger partial charge in [-0.2, -0.15) is 0 Å². The van der Waals surface area contributed by atoms with Gasteiger partial charge in [-0.3, -0.25) is 0 Å². The fraction of sp³-hybridized carbons (Fsp3) is 0.200. The molecule has 2 rings (SSSR count). The fourth-order valence-electron chi connectivity index (χ4n) is 1.95. The summed E-state index contributed by atoms with van der Waals surface area (Å²) in [4.78, 5) is 1.96. The van der Waals surface area contributed by atoms with Crippen molar-refractivity contribution in [2.45, 2.75) is 13.5 Å². The number of rotatable bonds is 4. The lowest BCUT2D eigenvalue weighted by atomic mass is 10.1. The molecule has 0 aliphatic rings. The Bertz CT molecular complexity index is 553. The Morgan fingerprint density at radius 1 is 1.05 bits per heavy atom. The van der Waals surface area contributed by atoms with Crippen LogP contribution in [0.4, 0.5) is 20.2 Å². The maximum absolute atomic E-state index is 13.7. The van der Waals surface area contributed by atoms with Crippen molar-refractivity contribution in [2.24, 2.45) is 0 Å². The van der Waals surface area contributed by atoms with Gasteiger partial charge in [-0.15, -0.1) is 0 Å². The minimum Gasteiger partial charge on any atom is -0.399 e. The zero-order chi connectivity index (χ0) is 13.8. The molecule has 0 aliphatic carbocycles. The van der Waals surface area contributed by atoms with Crippen LogP contribution in [0.5, 0.6) is 0 Å². The summed E-state index contributed by atoms with van der Waals surface area (Å²) in [5.74, 6) is -1.60. The standard InChI is InChI=1S/C15H16F2N2/c1-2-19(13-8-6-12(18)7-9-13)10-11-4-3-5-14(16)15(11)17/h3-9H,2,10,18H2,1H3. The number of nitrogens with zero attached hydrogens (tertiary/aromatic N) is 1. The van der Waals surface area contributed by atoms with Crippen LogP contribution in [-0.2, 0) is 6.54 Å². The summed E-state index contributed by atoms with van der Waals surface area (Å²) >= 11 is 0. The highest BCUT2D eigenvalue weighted by molar-refractivity contribution is 5.53. The number of benzene rings is 2. The van der Waals surface area contributed by atoms with Gasteiger partial charge < -0.3 is 10.6 Å². The number of anilines is 2. The Hall–Kier alpha value is -2.10. The summed E-state index contributed by atoms with van der Waals surface area (Å²) < 4.78 is 26.8. The van der Waals surface area contributed by atoms with Gasteiger partial charge in [0, 0.05) is 30.0 Å². The van der Waals surface area contributed by atoms with Crippen LogP contribution in [0.2, 0.25) is 0 Å². The molecule has 0 spiro atoms. The second kappa shape index (κ2) is 5.69. The molecule has 0 bridgehead atoms. The van der Waals surface area contributed by atoms with E-state index in [4.69, 9.17) is 5.73 Å². The zero-order valence-electron chi connectivity index (χ0n) is 10.7. The number of hydrogen-bond donors (Lipinski definition) is 1. The van der Waals surface area contributed by atoms with Gasteiger partial charge in [-0.05, 0) is 37.3 Å². The third-order valence-corrected chi connectivity index (χ3v) is 3.03. The van der Waals surface area contributed by atoms with Gasteiger partial charge in [0.2, 0.25) is 0 Å². The first-order valence-electron chi connectivity index (χ1n) is 6.15. The summed E-state index contributed by atoms with van der Waals surface area (Å²) in [5, 5.41) is 0. The molecular weight excluding hydrogens is 246 g/mol. The third kappa shape index (κ3) is 3.02. The van der Waals surface area contributed by atoms with Crippen molar-refractivity contribution in [1.82, 2.24) is 0 Å². The number of hydrogen-bond acceptors (Lipinski definition) is 2. The molecule has 0 saturated heterocycles. The highest BCUT2D eigenvalue weighted by Gasteiger charge is 2.11. The molecule has 100 valence electrons. The fourth-order valence-corrected chi connectivity index (χ4v) is 1.95. The van der Waals surface area contributed by atoms with Crippen molar-refractivity contribution < 1.29 is 8.78 Å². The Kier molecular flexibility index (Phi) is 4.00. The van der Waals surface area contributed by atoms with Crippen LogP contribution >= 0.6 is 0 Å². The zero-order valence-corrected chi connectivity index (χ0v) is 10.7. The molecule has 2 aromatic carbocycles. The van der Waals surface area contributed by atoms with Crippen LogP contribution in [0.3, 0.4) is 0 Å². The summed E-state index contributed by atoms with van der Waals surface area (Å²) in [5.41, 5.74) is 7.59. The van der Waals surface area contributed by atoms with Crippen molar-refractivity contribution in [3.63, 3.8) is 0 Å². The SMILES string of the molecule is CCN(Cc1cccc(F)c1F)c1ccc(N)cc1. The second-order valence-electron chi connectivity index (χ2n) is 4.32. The summed E-state index contributed by atoms with van der Waals surface area (Å²) in [6.07, 6.45) is 0. The van der Waals surface area contributed by atoms with Crippen molar-refractivity contribution in [2.75, 3.05) is 17.2 Å². The maximum atomic E-state index is 13.7. The van der Waals surface area contributed by atoms with Crippen LogP contribution in [0.1, 0.15) is 12.5 Å². The Morgan fingerprint density at radius 3 is 2.37 bits per heavy atom. The molecule has 2 N–H and O–H groups in total. The van der Waals surface area contributed by atoms with E-state index < -0.39 is 11.6 Å². The summed E-state index contributed by atoms with van der Waals surface area (Å²) in [6.45, 7) is 2.98. The van der Waals surface area contributed by atoms with E-state index in [1.54, 1.807) is 18.2 Å². The van der Waals surface area contributed by atoms with E-state index in [2.05, 4.69) is 0 Å². The molecule has 0 unspecified atom stereocenters. The van der Waals surface area contributed by atoms with Gasteiger partial charge in [0.05, 0.1) is 0 Å². The summed E-state index contributed by atoms with van der Waals surface area (Å²) in [6, 6.07) is 11.6. The van der Waals surface area contributed by atoms with E-state index in [9.17, 15) is 8.78 Å². The topological polar surface area (TPSA) is 29.3 Å². The minimum absolute atomic E-state index is 0.323. The quantitative estimate of drug-likeness (QED) is 0.853. The molecule has 19 heavy (non-hydrogen) atoms. The molecule has 0 fully saturated rings. The predicted molar refractivity (Wildman–Crippen MR) is 73.9 cm³/mol. The molecule has 2 aromatic rings. The van der Waals surface area contributed by atoms with Crippen molar-refractivity contribution >= 4 is 11.4 Å². The van der Waals surface area contributed by atoms with E-state index in [1.165, 1.54) is 6.07 Å². The lowest BCUT2D eigenvalue weighted by Gasteiger charge is -2.23. The molecule has 0 aromatic heterocycles. The molecule has 2 nitrogen and oxygen atoms in total. The first-order chi connectivity index (χ1) is 9.11. The molecule has 0 aliphatic heterocycles. The predicted octanol–water partition coefficient (Wildman–Crippen LogP) is 3.57. The van der Waals surface area contributed by atoms with E-state index in [-0.39, 0.29) is 0 Å². The number of halogens is 2. The first kappa shape index (κ1) is 13.3. The van der Waals surface area contributed by atoms with Crippen LogP contribution in [0.15, 0.2) is 42.5 Å². The van der Waals surface area contributed by atoms with Crippen molar-refractivity contribution in [1.29, 1.82) is 0 Å². The molecule has 0 atom stereocenters. The molecule has 0 radical (unpaired) electrons. The minimum atomic E-state index is -0.814. The maximum Gasteiger partial charge on any atom is 0.163 e. The normalized spacial score (nSPS) is 10.5. The lowest BCUT2D eigenvalue weighted by Crippen LogP contribution is -2.22. The molecular formula is C15H16F2N2. The van der Waals surface area contributed by atoms with Gasteiger partial charge in [-0.1, -0.05) is 12.1 Å². The van der Waals surface area contributed by atoms with Gasteiger partial charge in [-0.25, -0.2) is 8.78 Å². The van der Waals surface area contributed by atoms with Gasteiger partial charge >= 0.3 is 0 Å². The summed E-state index contributed by atoms with van der Waals surface area (Å²) in [7, 11) is 0. The van der Waals surface area contributed by atoms with Crippen LogP contribution in [-0.4, -0.2) is 6.54 Å². The van der Waals surface area contributed by atoms with E-state index in [0.29, 0.717) is 24.3 Å². The molecule has 0 saturated carbocycles. The number of nitrogen functional groups attached to an aromatic ring is 1. The first-order valence-corrected chi connectivity index (χ1v) is 6.15. The van der Waals surface area contributed by atoms with Gasteiger partial charge in [0.1, 0.15) is 0 Å². The second-order valence-corrected chi connectivity index (χ2v) is 4.32.